The Labute approximate surface area is 284 Å². The SMILES string of the molecule is CCC1=C2[C@@H](CC/C(=C/c3ccc(O)c4ccccc34)CC)OB(O)C[C@@H]2[C@@H]2C(=O)N(C3CCN(Cc4ccccc4)CC3)C(=O)[C@@H]2C1. The van der Waals surface area contributed by atoms with E-state index in [-0.39, 0.29) is 41.5 Å². The number of aromatic hydroxyl groups is 1. The molecule has 2 amide bonds. The van der Waals surface area contributed by atoms with E-state index in [1.54, 1.807) is 11.0 Å². The minimum absolute atomic E-state index is 0.00799. The molecule has 0 bridgehead atoms. The maximum Gasteiger partial charge on any atom is 0.455 e. The fraction of sp³-hybridized carbons (Fsp3) is 0.450. The first-order valence-electron chi connectivity index (χ1n) is 17.9. The van der Waals surface area contributed by atoms with Crippen LogP contribution in [0.1, 0.15) is 69.9 Å². The molecule has 3 aromatic rings. The minimum atomic E-state index is -0.964. The van der Waals surface area contributed by atoms with Gasteiger partial charge in [-0.15, -0.1) is 0 Å². The topological polar surface area (TPSA) is 90.3 Å². The highest BCUT2D eigenvalue weighted by Crippen LogP contribution is 2.52. The molecule has 48 heavy (non-hydrogen) atoms. The summed E-state index contributed by atoms with van der Waals surface area (Å²) in [7, 11) is -0.964. The molecular formula is C40H47BN2O5. The average molecular weight is 647 g/mol. The Bertz CT molecular complexity index is 1730. The van der Waals surface area contributed by atoms with E-state index in [4.69, 9.17) is 4.65 Å². The van der Waals surface area contributed by atoms with Crippen LogP contribution in [0, 0.1) is 17.8 Å². The van der Waals surface area contributed by atoms with Crippen LogP contribution >= 0.6 is 0 Å². The fourth-order valence-corrected chi connectivity index (χ4v) is 8.98. The summed E-state index contributed by atoms with van der Waals surface area (Å²) < 4.78 is 6.26. The second kappa shape index (κ2) is 14.0. The molecule has 250 valence electrons. The van der Waals surface area contributed by atoms with E-state index in [1.807, 2.05) is 36.4 Å². The third kappa shape index (κ3) is 6.26. The number of hydrogen-bond donors (Lipinski definition) is 2. The van der Waals surface area contributed by atoms with Crippen LogP contribution in [-0.2, 0) is 20.8 Å². The van der Waals surface area contributed by atoms with Gasteiger partial charge in [0.2, 0.25) is 11.8 Å². The van der Waals surface area contributed by atoms with Crippen molar-refractivity contribution in [1.29, 1.82) is 0 Å². The first-order chi connectivity index (χ1) is 23.4. The summed E-state index contributed by atoms with van der Waals surface area (Å²) in [4.78, 5) is 32.3. The molecule has 2 N–H and O–H groups in total. The molecule has 3 heterocycles. The number of nitrogens with zero attached hydrogens (tertiary/aromatic N) is 2. The van der Waals surface area contributed by atoms with Gasteiger partial charge < -0.3 is 14.8 Å². The van der Waals surface area contributed by atoms with Crippen LogP contribution in [0.5, 0.6) is 5.75 Å². The number of carbonyl (C=O) groups excluding carboxylic acids is 2. The average Bonchev–Trinajstić information content (AvgIpc) is 3.36. The minimum Gasteiger partial charge on any atom is -0.507 e. The number of phenols is 1. The van der Waals surface area contributed by atoms with Gasteiger partial charge in [0, 0.05) is 31.1 Å². The van der Waals surface area contributed by atoms with Crippen molar-refractivity contribution >= 4 is 35.8 Å². The Hall–Kier alpha value is -3.72. The smallest absolute Gasteiger partial charge is 0.455 e. The van der Waals surface area contributed by atoms with Gasteiger partial charge in [0.05, 0.1) is 17.9 Å². The lowest BCUT2D eigenvalue weighted by atomic mass is 9.58. The third-order valence-corrected chi connectivity index (χ3v) is 11.4. The number of phenolic OH excluding ortho intramolecular Hbond substituents is 1. The highest BCUT2D eigenvalue weighted by atomic mass is 16.5. The lowest BCUT2D eigenvalue weighted by Crippen LogP contribution is -2.48. The number of hydrogen-bond acceptors (Lipinski definition) is 6. The molecule has 3 saturated heterocycles. The Morgan fingerprint density at radius 3 is 2.40 bits per heavy atom. The highest BCUT2D eigenvalue weighted by Gasteiger charge is 2.58. The molecule has 0 saturated carbocycles. The lowest BCUT2D eigenvalue weighted by molar-refractivity contribution is -0.144. The van der Waals surface area contributed by atoms with Crippen molar-refractivity contribution < 1.29 is 24.4 Å². The number of amides is 2. The monoisotopic (exact) mass is 646 g/mol. The van der Waals surface area contributed by atoms with Crippen LogP contribution in [0.3, 0.4) is 0 Å². The van der Waals surface area contributed by atoms with Crippen molar-refractivity contribution in [1.82, 2.24) is 9.80 Å². The molecule has 3 fully saturated rings. The van der Waals surface area contributed by atoms with Crippen molar-refractivity contribution in [2.45, 2.75) is 83.8 Å². The Morgan fingerprint density at radius 1 is 0.938 bits per heavy atom. The molecule has 4 atom stereocenters. The van der Waals surface area contributed by atoms with Crippen molar-refractivity contribution in [2.75, 3.05) is 13.1 Å². The summed E-state index contributed by atoms with van der Waals surface area (Å²) in [5, 5.41) is 23.2. The number of allylic oxidation sites excluding steroid dienone is 2. The number of benzene rings is 3. The number of carbonyl (C=O) groups is 2. The van der Waals surface area contributed by atoms with E-state index >= 15 is 0 Å². The first-order valence-corrected chi connectivity index (χ1v) is 17.9. The predicted molar refractivity (Wildman–Crippen MR) is 190 cm³/mol. The van der Waals surface area contributed by atoms with Gasteiger partial charge in [0.1, 0.15) is 5.75 Å². The van der Waals surface area contributed by atoms with E-state index in [0.29, 0.717) is 19.2 Å². The normalized spacial score (nSPS) is 25.6. The van der Waals surface area contributed by atoms with Crippen LogP contribution < -0.4 is 0 Å². The van der Waals surface area contributed by atoms with E-state index in [1.165, 1.54) is 16.7 Å². The molecule has 7 nitrogen and oxygen atoms in total. The molecule has 0 spiro atoms. The van der Waals surface area contributed by atoms with Gasteiger partial charge in [-0.25, -0.2) is 0 Å². The fourth-order valence-electron chi connectivity index (χ4n) is 8.98. The number of likely N-dealkylation sites (tertiary alicyclic amines) is 2. The standard InChI is InChI=1S/C40H47BN2O5/c1-3-26(22-29-15-16-35(44)32-13-9-8-12-31(29)32)14-17-36-37-28(4-2)23-33-38(34(37)24-41(47)48-36)40(46)43(39(33)45)30-18-20-42(21-19-30)25-27-10-6-5-7-11-27/h5-13,15-16,22,30,33-34,36,38,44,47H,3-4,14,17-21,23-25H2,1-2H3/b26-22+/t33-,34+,36-,38-/m1/s1. The van der Waals surface area contributed by atoms with Crippen molar-refractivity contribution in [3.63, 3.8) is 0 Å². The van der Waals surface area contributed by atoms with Crippen LogP contribution in [0.15, 0.2) is 83.4 Å². The molecule has 1 aliphatic carbocycles. The molecule has 3 aromatic carbocycles. The van der Waals surface area contributed by atoms with E-state index in [2.05, 4.69) is 49.1 Å². The van der Waals surface area contributed by atoms with E-state index in [9.17, 15) is 19.7 Å². The van der Waals surface area contributed by atoms with Gasteiger partial charge >= 0.3 is 7.12 Å². The van der Waals surface area contributed by atoms with Gasteiger partial charge in [0.15, 0.2) is 0 Å². The molecule has 4 aliphatic rings. The largest absolute Gasteiger partial charge is 0.507 e. The molecule has 3 aliphatic heterocycles. The van der Waals surface area contributed by atoms with Gasteiger partial charge in [-0.2, -0.15) is 0 Å². The number of fused-ring (bicyclic) bond motifs is 4. The predicted octanol–water partition coefficient (Wildman–Crippen LogP) is 6.99. The van der Waals surface area contributed by atoms with Crippen LogP contribution in [0.2, 0.25) is 6.32 Å². The second-order valence-corrected chi connectivity index (χ2v) is 14.1. The quantitative estimate of drug-likeness (QED) is 0.148. The van der Waals surface area contributed by atoms with E-state index in [0.717, 1.165) is 73.6 Å². The van der Waals surface area contributed by atoms with Crippen molar-refractivity contribution in [3.05, 3.63) is 94.6 Å². The van der Waals surface area contributed by atoms with Gasteiger partial charge in [0.25, 0.3) is 0 Å². The first kappa shape index (κ1) is 32.8. The van der Waals surface area contributed by atoms with Crippen LogP contribution in [0.25, 0.3) is 16.8 Å². The van der Waals surface area contributed by atoms with Gasteiger partial charge in [-0.1, -0.05) is 91.7 Å². The summed E-state index contributed by atoms with van der Waals surface area (Å²) in [6, 6.07) is 22.0. The van der Waals surface area contributed by atoms with Crippen molar-refractivity contribution in [3.8, 4) is 5.75 Å². The number of rotatable bonds is 9. The third-order valence-electron chi connectivity index (χ3n) is 11.4. The Kier molecular flexibility index (Phi) is 9.59. The summed E-state index contributed by atoms with van der Waals surface area (Å²) in [6.45, 7) is 6.90. The summed E-state index contributed by atoms with van der Waals surface area (Å²) in [6.07, 6.45) is 7.63. The summed E-state index contributed by atoms with van der Waals surface area (Å²) >= 11 is 0. The second-order valence-electron chi connectivity index (χ2n) is 14.1. The zero-order chi connectivity index (χ0) is 33.4. The molecular weight excluding hydrogens is 599 g/mol. The molecule has 0 unspecified atom stereocenters. The maximum absolute atomic E-state index is 14.3. The van der Waals surface area contributed by atoms with Gasteiger partial charge in [-0.05, 0) is 85.3 Å². The molecule has 8 heteroatoms. The van der Waals surface area contributed by atoms with Crippen molar-refractivity contribution in [2.24, 2.45) is 17.8 Å². The highest BCUT2D eigenvalue weighted by molar-refractivity contribution is 6.43. The Balaban J connectivity index is 1.08. The number of imide groups is 1. The lowest BCUT2D eigenvalue weighted by Gasteiger charge is -2.43. The van der Waals surface area contributed by atoms with Crippen LogP contribution in [-0.4, -0.2) is 64.1 Å². The zero-order valence-corrected chi connectivity index (χ0v) is 28.2. The zero-order valence-electron chi connectivity index (χ0n) is 28.2. The maximum atomic E-state index is 14.3. The Morgan fingerprint density at radius 2 is 1.67 bits per heavy atom. The van der Waals surface area contributed by atoms with E-state index < -0.39 is 13.0 Å². The van der Waals surface area contributed by atoms with Crippen LogP contribution in [0.4, 0.5) is 0 Å². The number of piperidine rings is 1. The molecule has 7 rings (SSSR count). The summed E-state index contributed by atoms with van der Waals surface area (Å²) in [5.74, 6) is -0.712. The molecule has 0 aromatic heterocycles. The van der Waals surface area contributed by atoms with Gasteiger partial charge in [-0.3, -0.25) is 19.4 Å². The summed E-state index contributed by atoms with van der Waals surface area (Å²) in [5.41, 5.74) is 6.00. The molecule has 0 radical (unpaired) electrons.